The highest BCUT2D eigenvalue weighted by Crippen LogP contribution is 2.23. The number of aromatic amines is 1. The van der Waals surface area contributed by atoms with E-state index in [9.17, 15) is 9.59 Å². The van der Waals surface area contributed by atoms with Crippen LogP contribution in [0.15, 0.2) is 5.16 Å². The van der Waals surface area contributed by atoms with Crippen LogP contribution in [0.2, 0.25) is 0 Å². The summed E-state index contributed by atoms with van der Waals surface area (Å²) in [6.07, 6.45) is 0.692. The fourth-order valence-corrected chi connectivity index (χ4v) is 2.69. The third-order valence-electron chi connectivity index (χ3n) is 3.69. The summed E-state index contributed by atoms with van der Waals surface area (Å²) in [5.41, 5.74) is 2.81. The van der Waals surface area contributed by atoms with Crippen LogP contribution in [0, 0.1) is 13.8 Å². The number of oxime groups is 1. The molecular formula is C15H21N3O3. The highest BCUT2D eigenvalue weighted by Gasteiger charge is 2.33. The molecule has 0 fully saturated rings. The standard InChI is InChI=1S/C15H21N3O3/c1-8-6-15(5,21-18-8)7-16-14(20)12-9(2)13(11(4)19)17-10(12)3/h17H,6-7H2,1-5H3,(H,16,20)/t15-/m1/s1. The molecule has 0 saturated carbocycles. The Labute approximate surface area is 123 Å². The van der Waals surface area contributed by atoms with Gasteiger partial charge < -0.3 is 15.1 Å². The van der Waals surface area contributed by atoms with Crippen LogP contribution in [0.25, 0.3) is 0 Å². The zero-order valence-corrected chi connectivity index (χ0v) is 13.1. The van der Waals surface area contributed by atoms with E-state index >= 15 is 0 Å². The van der Waals surface area contributed by atoms with Crippen LogP contribution in [0.4, 0.5) is 0 Å². The average molecular weight is 291 g/mol. The van der Waals surface area contributed by atoms with E-state index in [4.69, 9.17) is 4.84 Å². The van der Waals surface area contributed by atoms with Gasteiger partial charge in [-0.05, 0) is 33.3 Å². The maximum absolute atomic E-state index is 12.4. The Balaban J connectivity index is 2.10. The summed E-state index contributed by atoms with van der Waals surface area (Å²) in [5, 5.41) is 6.78. The quantitative estimate of drug-likeness (QED) is 0.833. The molecule has 0 radical (unpaired) electrons. The monoisotopic (exact) mass is 291 g/mol. The summed E-state index contributed by atoms with van der Waals surface area (Å²) in [7, 11) is 0. The molecule has 1 aliphatic rings. The lowest BCUT2D eigenvalue weighted by Crippen LogP contribution is -2.41. The van der Waals surface area contributed by atoms with Gasteiger partial charge in [-0.15, -0.1) is 0 Å². The van der Waals surface area contributed by atoms with Crippen LogP contribution in [0.1, 0.15) is 59.3 Å². The van der Waals surface area contributed by atoms with Crippen LogP contribution < -0.4 is 5.32 Å². The van der Waals surface area contributed by atoms with Crippen molar-refractivity contribution >= 4 is 17.4 Å². The Hall–Kier alpha value is -2.11. The zero-order valence-electron chi connectivity index (χ0n) is 13.1. The van der Waals surface area contributed by atoms with E-state index in [0.29, 0.717) is 35.5 Å². The van der Waals surface area contributed by atoms with Crippen molar-refractivity contribution in [3.63, 3.8) is 0 Å². The summed E-state index contributed by atoms with van der Waals surface area (Å²) < 4.78 is 0. The SMILES string of the molecule is CC(=O)c1[nH]c(C)c(C(=O)NC[C@@]2(C)CC(C)=NO2)c1C. The number of carbonyl (C=O) groups excluding carboxylic acids is 2. The fourth-order valence-electron chi connectivity index (χ4n) is 2.69. The molecule has 0 saturated heterocycles. The van der Waals surface area contributed by atoms with Crippen molar-refractivity contribution in [1.29, 1.82) is 0 Å². The van der Waals surface area contributed by atoms with Crippen LogP contribution in [0.5, 0.6) is 0 Å². The van der Waals surface area contributed by atoms with Crippen molar-refractivity contribution < 1.29 is 14.4 Å². The Morgan fingerprint density at radius 2 is 2.05 bits per heavy atom. The number of aromatic nitrogens is 1. The number of nitrogens with one attached hydrogen (secondary N) is 2. The second-order valence-electron chi connectivity index (χ2n) is 5.91. The molecular weight excluding hydrogens is 270 g/mol. The van der Waals surface area contributed by atoms with Crippen LogP contribution in [0.3, 0.4) is 0 Å². The number of Topliss-reactive ketones (excluding diaryl/α,β-unsaturated/α-hetero) is 1. The largest absolute Gasteiger partial charge is 0.387 e. The number of amides is 1. The topological polar surface area (TPSA) is 83.5 Å². The predicted molar refractivity (Wildman–Crippen MR) is 79.8 cm³/mol. The summed E-state index contributed by atoms with van der Waals surface area (Å²) in [5.74, 6) is -0.284. The lowest BCUT2D eigenvalue weighted by Gasteiger charge is -2.21. The molecule has 0 aromatic carbocycles. The maximum atomic E-state index is 12.4. The van der Waals surface area contributed by atoms with E-state index < -0.39 is 5.60 Å². The highest BCUT2D eigenvalue weighted by molar-refractivity contribution is 6.02. The van der Waals surface area contributed by atoms with E-state index in [1.807, 2.05) is 13.8 Å². The van der Waals surface area contributed by atoms with Gasteiger partial charge in [-0.3, -0.25) is 9.59 Å². The Morgan fingerprint density at radius 1 is 1.38 bits per heavy atom. The van der Waals surface area contributed by atoms with E-state index in [2.05, 4.69) is 15.5 Å². The number of carbonyl (C=O) groups is 2. The molecule has 0 spiro atoms. The van der Waals surface area contributed by atoms with Crippen molar-refractivity contribution in [3.05, 3.63) is 22.5 Å². The molecule has 6 nitrogen and oxygen atoms in total. The summed E-state index contributed by atoms with van der Waals surface area (Å²) >= 11 is 0. The van der Waals surface area contributed by atoms with Gasteiger partial charge in [0.1, 0.15) is 0 Å². The van der Waals surface area contributed by atoms with Gasteiger partial charge in [0.05, 0.1) is 23.5 Å². The molecule has 0 bridgehead atoms. The van der Waals surface area contributed by atoms with Gasteiger partial charge in [0.15, 0.2) is 11.4 Å². The third-order valence-corrected chi connectivity index (χ3v) is 3.69. The summed E-state index contributed by atoms with van der Waals surface area (Å²) in [6, 6.07) is 0. The van der Waals surface area contributed by atoms with Crippen LogP contribution in [-0.4, -0.2) is 34.5 Å². The van der Waals surface area contributed by atoms with Gasteiger partial charge in [-0.2, -0.15) is 0 Å². The predicted octanol–water partition coefficient (Wildman–Crippen LogP) is 2.12. The molecule has 1 aromatic heterocycles. The normalized spacial score (nSPS) is 20.9. The van der Waals surface area contributed by atoms with Crippen LogP contribution in [-0.2, 0) is 4.84 Å². The van der Waals surface area contributed by atoms with Crippen molar-refractivity contribution in [3.8, 4) is 0 Å². The van der Waals surface area contributed by atoms with Crippen LogP contribution >= 0.6 is 0 Å². The minimum Gasteiger partial charge on any atom is -0.387 e. The Bertz CT molecular complexity index is 630. The Kier molecular flexibility index (Phi) is 3.89. The van der Waals surface area contributed by atoms with Gasteiger partial charge in [0.2, 0.25) is 0 Å². The number of hydrogen-bond donors (Lipinski definition) is 2. The average Bonchev–Trinajstić information content (AvgIpc) is 2.88. The minimum atomic E-state index is -0.499. The molecule has 1 aromatic rings. The lowest BCUT2D eigenvalue weighted by atomic mass is 10.00. The molecule has 6 heteroatoms. The molecule has 21 heavy (non-hydrogen) atoms. The highest BCUT2D eigenvalue weighted by atomic mass is 16.7. The molecule has 0 aliphatic carbocycles. The van der Waals surface area contributed by atoms with E-state index in [-0.39, 0.29) is 11.7 Å². The van der Waals surface area contributed by atoms with Gasteiger partial charge in [-0.1, -0.05) is 5.16 Å². The molecule has 1 amide bonds. The van der Waals surface area contributed by atoms with Gasteiger partial charge in [0, 0.05) is 19.0 Å². The minimum absolute atomic E-state index is 0.0789. The van der Waals surface area contributed by atoms with E-state index in [1.165, 1.54) is 6.92 Å². The first-order chi connectivity index (χ1) is 9.73. The first-order valence-corrected chi connectivity index (χ1v) is 6.93. The van der Waals surface area contributed by atoms with E-state index in [0.717, 1.165) is 5.71 Å². The van der Waals surface area contributed by atoms with E-state index in [1.54, 1.807) is 13.8 Å². The molecule has 2 N–H and O–H groups in total. The van der Waals surface area contributed by atoms with Crippen molar-refractivity contribution in [2.45, 2.75) is 46.6 Å². The summed E-state index contributed by atoms with van der Waals surface area (Å²) in [6.45, 7) is 9.21. The second kappa shape index (κ2) is 5.35. The number of rotatable bonds is 4. The van der Waals surface area contributed by atoms with Gasteiger partial charge in [0.25, 0.3) is 5.91 Å². The molecule has 1 aliphatic heterocycles. The first-order valence-electron chi connectivity index (χ1n) is 6.93. The third kappa shape index (κ3) is 2.99. The zero-order chi connectivity index (χ0) is 15.8. The first kappa shape index (κ1) is 15.3. The number of H-pyrrole nitrogens is 1. The second-order valence-corrected chi connectivity index (χ2v) is 5.91. The number of aryl methyl sites for hydroxylation is 1. The van der Waals surface area contributed by atoms with Crippen molar-refractivity contribution in [2.75, 3.05) is 6.54 Å². The maximum Gasteiger partial charge on any atom is 0.253 e. The Morgan fingerprint density at radius 3 is 2.52 bits per heavy atom. The number of nitrogens with zero attached hydrogens (tertiary/aromatic N) is 1. The van der Waals surface area contributed by atoms with Crippen molar-refractivity contribution in [1.82, 2.24) is 10.3 Å². The molecule has 114 valence electrons. The van der Waals surface area contributed by atoms with Gasteiger partial charge >= 0.3 is 0 Å². The summed E-state index contributed by atoms with van der Waals surface area (Å²) in [4.78, 5) is 32.2. The lowest BCUT2D eigenvalue weighted by molar-refractivity contribution is -0.00183. The molecule has 2 heterocycles. The van der Waals surface area contributed by atoms with Crippen molar-refractivity contribution in [2.24, 2.45) is 5.16 Å². The van der Waals surface area contributed by atoms with Gasteiger partial charge in [-0.25, -0.2) is 0 Å². The fraction of sp³-hybridized carbons (Fsp3) is 0.533. The molecule has 0 unspecified atom stereocenters. The smallest absolute Gasteiger partial charge is 0.253 e. The number of ketones is 1. The molecule has 1 atom stereocenters. The molecule has 2 rings (SSSR count). The number of hydrogen-bond acceptors (Lipinski definition) is 4.